The Bertz CT molecular complexity index is 747. The maximum Gasteiger partial charge on any atom is 0.416 e. The highest BCUT2D eigenvalue weighted by Crippen LogP contribution is 2.29. The van der Waals surface area contributed by atoms with Gasteiger partial charge in [0.25, 0.3) is 5.91 Å². The number of thiophene rings is 1. The minimum atomic E-state index is -4.35. The molecule has 1 atom stereocenters. The second-order valence-corrected chi connectivity index (χ2v) is 6.24. The predicted octanol–water partition coefficient (Wildman–Crippen LogP) is 2.29. The van der Waals surface area contributed by atoms with E-state index in [9.17, 15) is 18.0 Å². The molecule has 1 aromatic carbocycles. The minimum Gasteiger partial charge on any atom is -0.326 e. The molecule has 2 N–H and O–H groups in total. The van der Waals surface area contributed by atoms with Crippen LogP contribution in [0.1, 0.15) is 16.7 Å². The summed E-state index contributed by atoms with van der Waals surface area (Å²) < 4.78 is 37.5. The molecule has 126 valence electrons. The van der Waals surface area contributed by atoms with Gasteiger partial charge < -0.3 is 10.2 Å². The number of carbonyl (C=O) groups is 1. The quantitative estimate of drug-likeness (QED) is 0.866. The normalized spacial score (nSPS) is 12.5. The topological polar surface area (TPSA) is 57.3 Å². The molecule has 0 spiro atoms. The first-order valence-electron chi connectivity index (χ1n) is 7.04. The fourth-order valence-corrected chi connectivity index (χ4v) is 2.92. The zero-order valence-electron chi connectivity index (χ0n) is 12.8. The summed E-state index contributed by atoms with van der Waals surface area (Å²) in [5.41, 5.74) is 0.430. The minimum absolute atomic E-state index is 0.143. The highest BCUT2D eigenvalue weighted by molar-refractivity contribution is 7.14. The highest BCUT2D eigenvalue weighted by atomic mass is 32.1. The maximum absolute atomic E-state index is 12.5. The summed E-state index contributed by atoms with van der Waals surface area (Å²) >= 11 is 1.27. The summed E-state index contributed by atoms with van der Waals surface area (Å²) in [6.07, 6.45) is -4.35. The van der Waals surface area contributed by atoms with Gasteiger partial charge in [-0.1, -0.05) is 12.1 Å². The van der Waals surface area contributed by atoms with Crippen LogP contribution in [0.5, 0.6) is 0 Å². The average Bonchev–Trinajstić information content (AvgIpc) is 2.93. The SMILES string of the molecule is C[NH+](CC(=O)Nc1sccc1C#N)Cc1ccc(C(F)(F)F)cc1. The van der Waals surface area contributed by atoms with Crippen molar-refractivity contribution in [1.29, 1.82) is 5.26 Å². The Morgan fingerprint density at radius 2 is 1.96 bits per heavy atom. The molecule has 2 aromatic rings. The second kappa shape index (κ2) is 7.47. The number of nitrogens with zero attached hydrogens (tertiary/aromatic N) is 1. The first-order valence-corrected chi connectivity index (χ1v) is 7.92. The van der Waals surface area contributed by atoms with E-state index < -0.39 is 11.7 Å². The standard InChI is InChI=1S/C16H14F3N3OS/c1-22(9-11-2-4-13(5-3-11)16(17,18)19)10-14(23)21-15-12(8-20)6-7-24-15/h2-7H,9-10H2,1H3,(H,21,23)/p+1. The number of nitriles is 1. The highest BCUT2D eigenvalue weighted by Gasteiger charge is 2.30. The van der Waals surface area contributed by atoms with E-state index >= 15 is 0 Å². The van der Waals surface area contributed by atoms with Crippen LogP contribution in [0.4, 0.5) is 18.2 Å². The first kappa shape index (κ1) is 18.0. The van der Waals surface area contributed by atoms with Crippen molar-refractivity contribution in [2.45, 2.75) is 12.7 Å². The summed E-state index contributed by atoms with van der Waals surface area (Å²) in [6.45, 7) is 0.560. The Morgan fingerprint density at radius 3 is 2.54 bits per heavy atom. The smallest absolute Gasteiger partial charge is 0.326 e. The lowest BCUT2D eigenvalue weighted by Crippen LogP contribution is -3.08. The van der Waals surface area contributed by atoms with Gasteiger partial charge in [0.05, 0.1) is 18.2 Å². The molecule has 0 fully saturated rings. The Kier molecular flexibility index (Phi) is 5.59. The van der Waals surface area contributed by atoms with Crippen molar-refractivity contribution in [3.05, 3.63) is 52.4 Å². The molecule has 24 heavy (non-hydrogen) atoms. The number of halogens is 3. The van der Waals surface area contributed by atoms with Gasteiger partial charge in [0.2, 0.25) is 0 Å². The lowest BCUT2D eigenvalue weighted by atomic mass is 10.1. The summed E-state index contributed by atoms with van der Waals surface area (Å²) in [7, 11) is 1.77. The van der Waals surface area contributed by atoms with Gasteiger partial charge in [-0.2, -0.15) is 18.4 Å². The number of rotatable bonds is 5. The van der Waals surface area contributed by atoms with Crippen LogP contribution in [0.2, 0.25) is 0 Å². The Morgan fingerprint density at radius 1 is 1.29 bits per heavy atom. The molecular formula is C16H15F3N3OS+. The molecule has 0 aliphatic rings. The summed E-state index contributed by atoms with van der Waals surface area (Å²) in [6, 6.07) is 8.51. The largest absolute Gasteiger partial charge is 0.416 e. The summed E-state index contributed by atoms with van der Waals surface area (Å²) in [4.78, 5) is 12.8. The molecule has 1 amide bonds. The van der Waals surface area contributed by atoms with E-state index in [1.165, 1.54) is 23.5 Å². The zero-order valence-corrected chi connectivity index (χ0v) is 13.6. The molecule has 4 nitrogen and oxygen atoms in total. The molecule has 1 unspecified atom stereocenters. The van der Waals surface area contributed by atoms with Gasteiger partial charge in [-0.15, -0.1) is 11.3 Å². The molecule has 0 aliphatic carbocycles. The lowest BCUT2D eigenvalue weighted by Gasteiger charge is -2.14. The van der Waals surface area contributed by atoms with Crippen molar-refractivity contribution in [2.75, 3.05) is 18.9 Å². The summed E-state index contributed by atoms with van der Waals surface area (Å²) in [5.74, 6) is -0.252. The van der Waals surface area contributed by atoms with E-state index in [1.807, 2.05) is 6.07 Å². The molecule has 0 radical (unpaired) electrons. The predicted molar refractivity (Wildman–Crippen MR) is 84.6 cm³/mol. The molecule has 0 bridgehead atoms. The maximum atomic E-state index is 12.5. The molecule has 2 rings (SSSR count). The van der Waals surface area contributed by atoms with Crippen molar-refractivity contribution >= 4 is 22.2 Å². The summed E-state index contributed by atoms with van der Waals surface area (Å²) in [5, 5.41) is 13.8. The van der Waals surface area contributed by atoms with Gasteiger partial charge in [0.1, 0.15) is 17.6 Å². The van der Waals surface area contributed by atoms with Crippen molar-refractivity contribution in [3.63, 3.8) is 0 Å². The number of nitrogens with one attached hydrogen (secondary N) is 2. The molecular weight excluding hydrogens is 339 g/mol. The number of alkyl halides is 3. The van der Waals surface area contributed by atoms with Crippen LogP contribution in [0.25, 0.3) is 0 Å². The number of hydrogen-bond donors (Lipinski definition) is 2. The van der Waals surface area contributed by atoms with Crippen molar-refractivity contribution in [3.8, 4) is 6.07 Å². The third kappa shape index (κ3) is 4.81. The molecule has 0 saturated heterocycles. The van der Waals surface area contributed by atoms with E-state index in [0.717, 1.165) is 17.0 Å². The number of likely N-dealkylation sites (N-methyl/N-ethyl adjacent to an activating group) is 1. The number of quaternary nitrogens is 1. The molecule has 0 aliphatic heterocycles. The number of benzene rings is 1. The number of anilines is 1. The fraction of sp³-hybridized carbons (Fsp3) is 0.250. The Labute approximate surface area is 141 Å². The van der Waals surface area contributed by atoms with E-state index in [1.54, 1.807) is 18.5 Å². The molecule has 1 heterocycles. The van der Waals surface area contributed by atoms with Crippen LogP contribution in [0, 0.1) is 11.3 Å². The molecule has 1 aromatic heterocycles. The van der Waals surface area contributed by atoms with Crippen molar-refractivity contribution in [1.82, 2.24) is 0 Å². The van der Waals surface area contributed by atoms with Gasteiger partial charge in [0.15, 0.2) is 6.54 Å². The van der Waals surface area contributed by atoms with E-state index in [0.29, 0.717) is 22.7 Å². The third-order valence-electron chi connectivity index (χ3n) is 3.29. The Hall–Kier alpha value is -2.37. The average molecular weight is 354 g/mol. The number of carbonyl (C=O) groups excluding carboxylic acids is 1. The van der Waals surface area contributed by atoms with E-state index in [-0.39, 0.29) is 12.5 Å². The van der Waals surface area contributed by atoms with Crippen LogP contribution in [0.15, 0.2) is 35.7 Å². The number of hydrogen-bond acceptors (Lipinski definition) is 3. The van der Waals surface area contributed by atoms with Gasteiger partial charge in [-0.05, 0) is 23.6 Å². The van der Waals surface area contributed by atoms with Gasteiger partial charge in [-0.25, -0.2) is 0 Å². The lowest BCUT2D eigenvalue weighted by molar-refractivity contribution is -0.885. The van der Waals surface area contributed by atoms with Crippen LogP contribution in [0.3, 0.4) is 0 Å². The van der Waals surface area contributed by atoms with E-state index in [4.69, 9.17) is 5.26 Å². The van der Waals surface area contributed by atoms with Gasteiger partial charge in [-0.3, -0.25) is 4.79 Å². The van der Waals surface area contributed by atoms with Crippen LogP contribution in [-0.4, -0.2) is 19.5 Å². The van der Waals surface area contributed by atoms with Gasteiger partial charge >= 0.3 is 6.18 Å². The van der Waals surface area contributed by atoms with E-state index in [2.05, 4.69) is 5.32 Å². The number of amides is 1. The van der Waals surface area contributed by atoms with Crippen LogP contribution in [-0.2, 0) is 17.5 Å². The zero-order chi connectivity index (χ0) is 17.7. The van der Waals surface area contributed by atoms with Crippen LogP contribution < -0.4 is 10.2 Å². The molecule has 8 heteroatoms. The first-order chi connectivity index (χ1) is 11.3. The van der Waals surface area contributed by atoms with Crippen LogP contribution >= 0.6 is 11.3 Å². The van der Waals surface area contributed by atoms with Crippen molar-refractivity contribution < 1.29 is 22.9 Å². The fourth-order valence-electron chi connectivity index (χ4n) is 2.16. The second-order valence-electron chi connectivity index (χ2n) is 5.33. The monoisotopic (exact) mass is 354 g/mol. The molecule has 0 saturated carbocycles. The van der Waals surface area contributed by atoms with Gasteiger partial charge in [0, 0.05) is 5.56 Å². The Balaban J connectivity index is 1.90. The third-order valence-corrected chi connectivity index (χ3v) is 4.12. The van der Waals surface area contributed by atoms with Crippen molar-refractivity contribution in [2.24, 2.45) is 0 Å².